The Bertz CT molecular complexity index is 713. The molecule has 1 N–H and O–H groups in total. The Hall–Kier alpha value is -0.990. The number of phosphoric acid groups is 1. The molecule has 0 aromatic rings. The number of phosphoric ester groups is 1. The molecule has 0 aliphatic heterocycles. The third-order valence-corrected chi connectivity index (χ3v) is 8.12. The Morgan fingerprint density at radius 3 is 1.52 bits per heavy atom. The van der Waals surface area contributed by atoms with Gasteiger partial charge in [-0.25, -0.2) is 4.57 Å². The number of hydrogen-bond donors (Lipinski definition) is 1. The Balaban J connectivity index is 4.40. The quantitative estimate of drug-likeness (QED) is 0.0370. The first-order valence-corrected chi connectivity index (χ1v) is 18.3. The van der Waals surface area contributed by atoms with Crippen molar-refractivity contribution in [3.8, 4) is 0 Å². The number of nitrogens with zero attached hydrogens (tertiary/aromatic N) is 1. The minimum Gasteiger partial charge on any atom is -0.462 e. The minimum absolute atomic E-state index is 0.0355. The van der Waals surface area contributed by atoms with Crippen molar-refractivity contribution < 1.29 is 42.1 Å². The van der Waals surface area contributed by atoms with E-state index < -0.39 is 26.5 Å². The van der Waals surface area contributed by atoms with E-state index in [2.05, 4.69) is 13.8 Å². The highest BCUT2D eigenvalue weighted by molar-refractivity contribution is 7.47. The van der Waals surface area contributed by atoms with E-state index in [1.54, 1.807) is 0 Å². The minimum atomic E-state index is -4.34. The van der Waals surface area contributed by atoms with Crippen molar-refractivity contribution in [1.82, 2.24) is 0 Å². The molecule has 0 fully saturated rings. The van der Waals surface area contributed by atoms with E-state index in [1.807, 2.05) is 21.1 Å². The van der Waals surface area contributed by atoms with Crippen LogP contribution in [-0.2, 0) is 32.7 Å². The molecule has 0 aliphatic rings. The zero-order chi connectivity index (χ0) is 31.5. The second-order valence-corrected chi connectivity index (χ2v) is 14.0. The highest BCUT2D eigenvalue weighted by Gasteiger charge is 2.27. The molecule has 0 spiro atoms. The topological polar surface area (TPSA) is 108 Å². The summed E-state index contributed by atoms with van der Waals surface area (Å²) in [6.07, 6.45) is 20.4. The molecule has 0 rings (SSSR count). The summed E-state index contributed by atoms with van der Waals surface area (Å²) in [4.78, 5) is 34.7. The highest BCUT2D eigenvalue weighted by atomic mass is 31.2. The molecule has 0 bridgehead atoms. The number of carbonyl (C=O) groups excluding carboxylic acids is 2. The summed E-state index contributed by atoms with van der Waals surface area (Å²) < 4.78 is 33.8. The Morgan fingerprint density at radius 1 is 0.643 bits per heavy atom. The van der Waals surface area contributed by atoms with E-state index >= 15 is 0 Å². The van der Waals surface area contributed by atoms with Crippen LogP contribution in [0.5, 0.6) is 0 Å². The fourth-order valence-electron chi connectivity index (χ4n) is 4.42. The molecule has 0 aromatic carbocycles. The third kappa shape index (κ3) is 29.1. The standard InChI is InChI=1S/C32H64NO8P/c1-6-8-10-12-13-14-15-16-17-18-19-21-23-25-32(35)41-30(28-38-31(34)24-22-20-11-9-7-2)29-40-42(36,37)39-27-26-33(3,4)5/h30H,6-29H2,1-5H3/p+1. The molecular weight excluding hydrogens is 557 g/mol. The molecule has 10 heteroatoms. The van der Waals surface area contributed by atoms with E-state index in [0.29, 0.717) is 17.4 Å². The first-order chi connectivity index (χ1) is 20.0. The van der Waals surface area contributed by atoms with Gasteiger partial charge in [-0.05, 0) is 12.8 Å². The molecule has 0 amide bonds. The van der Waals surface area contributed by atoms with Crippen molar-refractivity contribution in [3.05, 3.63) is 0 Å². The first kappa shape index (κ1) is 41.0. The van der Waals surface area contributed by atoms with Crippen LogP contribution >= 0.6 is 7.82 Å². The van der Waals surface area contributed by atoms with Gasteiger partial charge in [0.25, 0.3) is 0 Å². The molecule has 250 valence electrons. The van der Waals surface area contributed by atoms with Gasteiger partial charge in [-0.3, -0.25) is 18.6 Å². The predicted molar refractivity (Wildman–Crippen MR) is 169 cm³/mol. The highest BCUT2D eigenvalue weighted by Crippen LogP contribution is 2.43. The lowest BCUT2D eigenvalue weighted by molar-refractivity contribution is -0.870. The van der Waals surface area contributed by atoms with Crippen molar-refractivity contribution in [2.24, 2.45) is 0 Å². The third-order valence-electron chi connectivity index (χ3n) is 7.14. The molecule has 9 nitrogen and oxygen atoms in total. The summed E-state index contributed by atoms with van der Waals surface area (Å²) in [6.45, 7) is 4.31. The molecular formula is C32H65NO8P+. The van der Waals surface area contributed by atoms with Gasteiger partial charge in [0.2, 0.25) is 0 Å². The van der Waals surface area contributed by atoms with Gasteiger partial charge in [-0.15, -0.1) is 0 Å². The first-order valence-electron chi connectivity index (χ1n) is 16.8. The fraction of sp³-hybridized carbons (Fsp3) is 0.938. The summed E-state index contributed by atoms with van der Waals surface area (Å²) in [7, 11) is 1.48. The second-order valence-electron chi connectivity index (χ2n) is 12.6. The van der Waals surface area contributed by atoms with Crippen LogP contribution in [0.4, 0.5) is 0 Å². The molecule has 2 unspecified atom stereocenters. The van der Waals surface area contributed by atoms with Crippen LogP contribution in [0.25, 0.3) is 0 Å². The van der Waals surface area contributed by atoms with Crippen LogP contribution in [0.1, 0.15) is 142 Å². The average molecular weight is 623 g/mol. The summed E-state index contributed by atoms with van der Waals surface area (Å²) in [5.74, 6) is -0.809. The number of carbonyl (C=O) groups is 2. The number of rotatable bonds is 30. The maximum absolute atomic E-state index is 12.5. The molecule has 42 heavy (non-hydrogen) atoms. The van der Waals surface area contributed by atoms with Crippen molar-refractivity contribution in [1.29, 1.82) is 0 Å². The molecule has 0 aliphatic carbocycles. The van der Waals surface area contributed by atoms with Crippen LogP contribution < -0.4 is 0 Å². The Labute approximate surface area is 257 Å². The van der Waals surface area contributed by atoms with Crippen molar-refractivity contribution in [3.63, 3.8) is 0 Å². The normalized spacial score (nSPS) is 14.0. The van der Waals surface area contributed by atoms with Gasteiger partial charge in [0.1, 0.15) is 19.8 Å². The monoisotopic (exact) mass is 622 g/mol. The number of quaternary nitrogens is 1. The summed E-state index contributed by atoms with van der Waals surface area (Å²) in [5.41, 5.74) is 0. The number of hydrogen-bond acceptors (Lipinski definition) is 7. The zero-order valence-electron chi connectivity index (χ0n) is 27.7. The lowest BCUT2D eigenvalue weighted by Crippen LogP contribution is -2.37. The van der Waals surface area contributed by atoms with Crippen molar-refractivity contribution in [2.45, 2.75) is 148 Å². The number of unbranched alkanes of at least 4 members (excludes halogenated alkanes) is 16. The number of esters is 2. The maximum Gasteiger partial charge on any atom is 0.472 e. The van der Waals surface area contributed by atoms with Gasteiger partial charge in [-0.1, -0.05) is 117 Å². The lowest BCUT2D eigenvalue weighted by atomic mass is 10.0. The fourth-order valence-corrected chi connectivity index (χ4v) is 5.17. The Morgan fingerprint density at radius 2 is 1.07 bits per heavy atom. The summed E-state index contributed by atoms with van der Waals surface area (Å²) in [5, 5.41) is 0. The lowest BCUT2D eigenvalue weighted by Gasteiger charge is -2.24. The Kier molecular flexibility index (Phi) is 25.8. The largest absolute Gasteiger partial charge is 0.472 e. The summed E-state index contributed by atoms with van der Waals surface area (Å²) in [6, 6.07) is 0. The van der Waals surface area contributed by atoms with Crippen LogP contribution in [-0.4, -0.2) is 74.9 Å². The van der Waals surface area contributed by atoms with Gasteiger partial charge in [0.05, 0.1) is 27.7 Å². The van der Waals surface area contributed by atoms with Crippen LogP contribution in [0, 0.1) is 0 Å². The van der Waals surface area contributed by atoms with E-state index in [-0.39, 0.29) is 32.0 Å². The van der Waals surface area contributed by atoms with Crippen molar-refractivity contribution in [2.75, 3.05) is 47.5 Å². The molecule has 0 saturated carbocycles. The molecule has 0 aromatic heterocycles. The number of likely N-dealkylation sites (N-methyl/N-ethyl adjacent to an activating group) is 1. The van der Waals surface area contributed by atoms with E-state index in [4.69, 9.17) is 18.5 Å². The smallest absolute Gasteiger partial charge is 0.462 e. The zero-order valence-corrected chi connectivity index (χ0v) is 28.6. The summed E-state index contributed by atoms with van der Waals surface area (Å²) >= 11 is 0. The van der Waals surface area contributed by atoms with Gasteiger partial charge in [0.15, 0.2) is 6.10 Å². The molecule has 0 radical (unpaired) electrons. The van der Waals surface area contributed by atoms with Crippen LogP contribution in [0.3, 0.4) is 0 Å². The average Bonchev–Trinajstić information content (AvgIpc) is 2.91. The van der Waals surface area contributed by atoms with E-state index in [1.165, 1.54) is 64.2 Å². The molecule has 2 atom stereocenters. The molecule has 0 saturated heterocycles. The van der Waals surface area contributed by atoms with Gasteiger partial charge in [-0.2, -0.15) is 0 Å². The van der Waals surface area contributed by atoms with Gasteiger partial charge >= 0.3 is 19.8 Å². The number of ether oxygens (including phenoxy) is 2. The van der Waals surface area contributed by atoms with Crippen LogP contribution in [0.15, 0.2) is 0 Å². The van der Waals surface area contributed by atoms with Crippen LogP contribution in [0.2, 0.25) is 0 Å². The van der Waals surface area contributed by atoms with Crippen molar-refractivity contribution >= 4 is 19.8 Å². The maximum atomic E-state index is 12.5. The SMILES string of the molecule is CCCCCCCCCCCCCCCC(=O)OC(COC(=O)CCCCCCC)COP(=O)(O)OCC[N+](C)(C)C. The van der Waals surface area contributed by atoms with E-state index in [0.717, 1.165) is 44.9 Å². The second kappa shape index (κ2) is 26.4. The molecule has 0 heterocycles. The predicted octanol–water partition coefficient (Wildman–Crippen LogP) is 8.12. The van der Waals surface area contributed by atoms with Gasteiger partial charge in [0, 0.05) is 12.8 Å². The van der Waals surface area contributed by atoms with Gasteiger partial charge < -0.3 is 18.9 Å². The van der Waals surface area contributed by atoms with E-state index in [9.17, 15) is 19.0 Å².